The summed E-state index contributed by atoms with van der Waals surface area (Å²) >= 11 is 0. The van der Waals surface area contributed by atoms with Crippen molar-refractivity contribution >= 4 is 0 Å². The highest BCUT2D eigenvalue weighted by atomic mass is 14.2. The minimum atomic E-state index is 0.540. The lowest BCUT2D eigenvalue weighted by Crippen LogP contribution is -2.11. The Morgan fingerprint density at radius 1 is 1.07 bits per heavy atom. The van der Waals surface area contributed by atoms with E-state index >= 15 is 0 Å². The lowest BCUT2D eigenvalue weighted by Gasteiger charge is -2.24. The molecule has 0 unspecified atom stereocenters. The van der Waals surface area contributed by atoms with Gasteiger partial charge in [-0.1, -0.05) is 58.6 Å². The van der Waals surface area contributed by atoms with Gasteiger partial charge in [0.25, 0.3) is 0 Å². The number of rotatable bonds is 8. The molecule has 0 aliphatic carbocycles. The van der Waals surface area contributed by atoms with Crippen LogP contribution in [0.2, 0.25) is 0 Å². The number of unbranched alkanes of at least 4 members (excludes halogenated alkanes) is 2. The van der Waals surface area contributed by atoms with Gasteiger partial charge in [0, 0.05) is 0 Å². The Morgan fingerprint density at radius 2 is 1.73 bits per heavy atom. The first-order chi connectivity index (χ1) is 7.02. The Morgan fingerprint density at radius 3 is 2.27 bits per heavy atom. The van der Waals surface area contributed by atoms with Gasteiger partial charge in [-0.3, -0.25) is 0 Å². The van der Waals surface area contributed by atoms with Crippen molar-refractivity contribution in [1.82, 2.24) is 0 Å². The molecule has 0 atom stereocenters. The zero-order valence-corrected chi connectivity index (χ0v) is 11.5. The zero-order chi connectivity index (χ0) is 11.7. The van der Waals surface area contributed by atoms with Gasteiger partial charge in [0.2, 0.25) is 0 Å². The van der Waals surface area contributed by atoms with Gasteiger partial charge in [0.05, 0.1) is 0 Å². The summed E-state index contributed by atoms with van der Waals surface area (Å²) in [4.78, 5) is 0. The number of allylic oxidation sites excluding steroid dienone is 2. The predicted molar refractivity (Wildman–Crippen MR) is 71.2 cm³/mol. The number of hydrogen-bond acceptors (Lipinski definition) is 0. The summed E-state index contributed by atoms with van der Waals surface area (Å²) in [6, 6.07) is 0. The first-order valence-corrected chi connectivity index (χ1v) is 6.67. The molecule has 15 heavy (non-hydrogen) atoms. The molecule has 0 saturated heterocycles. The lowest BCUT2D eigenvalue weighted by molar-refractivity contribution is 0.295. The van der Waals surface area contributed by atoms with E-state index < -0.39 is 0 Å². The fourth-order valence-corrected chi connectivity index (χ4v) is 1.96. The van der Waals surface area contributed by atoms with E-state index in [1.165, 1.54) is 44.9 Å². The third kappa shape index (κ3) is 8.72. The quantitative estimate of drug-likeness (QED) is 0.354. The van der Waals surface area contributed by atoms with Crippen LogP contribution in [0.1, 0.15) is 79.6 Å². The van der Waals surface area contributed by atoms with Crippen LogP contribution >= 0.6 is 0 Å². The maximum absolute atomic E-state index is 2.42. The van der Waals surface area contributed by atoms with Crippen molar-refractivity contribution in [3.05, 3.63) is 11.6 Å². The molecular formula is C15H30. The molecule has 0 fully saturated rings. The minimum absolute atomic E-state index is 0.540. The van der Waals surface area contributed by atoms with Gasteiger partial charge in [-0.25, -0.2) is 0 Å². The van der Waals surface area contributed by atoms with Crippen molar-refractivity contribution in [1.29, 1.82) is 0 Å². The van der Waals surface area contributed by atoms with Crippen LogP contribution in [0.3, 0.4) is 0 Å². The van der Waals surface area contributed by atoms with Crippen LogP contribution in [0.15, 0.2) is 11.6 Å². The molecule has 0 saturated carbocycles. The zero-order valence-electron chi connectivity index (χ0n) is 11.5. The van der Waals surface area contributed by atoms with Gasteiger partial charge in [-0.15, -0.1) is 0 Å². The predicted octanol–water partition coefficient (Wildman–Crippen LogP) is 5.73. The van der Waals surface area contributed by atoms with Crippen molar-refractivity contribution in [3.8, 4) is 0 Å². The summed E-state index contributed by atoms with van der Waals surface area (Å²) in [6.07, 6.45) is 11.7. The van der Waals surface area contributed by atoms with Gasteiger partial charge < -0.3 is 0 Å². The normalized spacial score (nSPS) is 13.3. The van der Waals surface area contributed by atoms with Gasteiger partial charge >= 0.3 is 0 Å². The van der Waals surface area contributed by atoms with Crippen molar-refractivity contribution in [2.75, 3.05) is 0 Å². The summed E-state index contributed by atoms with van der Waals surface area (Å²) in [5.41, 5.74) is 2.11. The average molecular weight is 210 g/mol. The van der Waals surface area contributed by atoms with Crippen molar-refractivity contribution < 1.29 is 0 Å². The molecule has 0 aromatic heterocycles. The fourth-order valence-electron chi connectivity index (χ4n) is 1.96. The smallest absolute Gasteiger partial charge is 0.0318 e. The van der Waals surface area contributed by atoms with Crippen molar-refractivity contribution in [2.45, 2.75) is 79.6 Å². The summed E-state index contributed by atoms with van der Waals surface area (Å²) < 4.78 is 0. The highest BCUT2D eigenvalue weighted by Crippen LogP contribution is 2.30. The van der Waals surface area contributed by atoms with E-state index in [0.29, 0.717) is 5.41 Å². The second-order valence-corrected chi connectivity index (χ2v) is 5.58. The Balaban J connectivity index is 3.77. The van der Waals surface area contributed by atoms with E-state index in [-0.39, 0.29) is 0 Å². The number of hydrogen-bond donors (Lipinski definition) is 0. The van der Waals surface area contributed by atoms with E-state index in [1.54, 1.807) is 5.57 Å². The maximum atomic E-state index is 2.42. The molecule has 0 nitrogen and oxygen atoms in total. The lowest BCUT2D eigenvalue weighted by atomic mass is 9.81. The Labute approximate surface area is 97.2 Å². The Bertz CT molecular complexity index is 174. The fraction of sp³-hybridized carbons (Fsp3) is 0.867. The van der Waals surface area contributed by atoms with E-state index in [0.717, 1.165) is 0 Å². The molecular weight excluding hydrogens is 180 g/mol. The molecule has 0 bridgehead atoms. The highest BCUT2D eigenvalue weighted by molar-refractivity contribution is 4.98. The molecule has 0 spiro atoms. The summed E-state index contributed by atoms with van der Waals surface area (Å²) in [5.74, 6) is 0. The molecule has 0 amide bonds. The molecule has 0 rings (SSSR count). The van der Waals surface area contributed by atoms with Crippen LogP contribution in [-0.2, 0) is 0 Å². The molecule has 0 heteroatoms. The SMILES string of the molecule is CCC=C(C)CCC(C)(C)CCCCC. The second-order valence-electron chi connectivity index (χ2n) is 5.58. The van der Waals surface area contributed by atoms with Gasteiger partial charge in [0.1, 0.15) is 0 Å². The third-order valence-electron chi connectivity index (χ3n) is 3.21. The first kappa shape index (κ1) is 14.7. The van der Waals surface area contributed by atoms with E-state index in [1.807, 2.05) is 0 Å². The van der Waals surface area contributed by atoms with Gasteiger partial charge in [-0.2, -0.15) is 0 Å². The Kier molecular flexibility index (Phi) is 7.82. The first-order valence-electron chi connectivity index (χ1n) is 6.67. The molecule has 0 N–H and O–H groups in total. The maximum Gasteiger partial charge on any atom is -0.0318 e. The largest absolute Gasteiger partial charge is 0.0859 e. The summed E-state index contributed by atoms with van der Waals surface area (Å²) in [7, 11) is 0. The van der Waals surface area contributed by atoms with Gasteiger partial charge in [0.15, 0.2) is 0 Å². The molecule has 0 aliphatic heterocycles. The van der Waals surface area contributed by atoms with Gasteiger partial charge in [-0.05, 0) is 38.0 Å². The van der Waals surface area contributed by atoms with Crippen LogP contribution < -0.4 is 0 Å². The minimum Gasteiger partial charge on any atom is -0.0859 e. The van der Waals surface area contributed by atoms with Crippen LogP contribution in [-0.4, -0.2) is 0 Å². The van der Waals surface area contributed by atoms with Crippen LogP contribution in [0.4, 0.5) is 0 Å². The molecule has 0 heterocycles. The van der Waals surface area contributed by atoms with E-state index in [4.69, 9.17) is 0 Å². The summed E-state index contributed by atoms with van der Waals surface area (Å²) in [5, 5.41) is 0. The average Bonchev–Trinajstić information content (AvgIpc) is 2.16. The molecule has 0 aromatic rings. The van der Waals surface area contributed by atoms with E-state index in [2.05, 4.69) is 40.7 Å². The summed E-state index contributed by atoms with van der Waals surface area (Å²) in [6.45, 7) is 11.6. The van der Waals surface area contributed by atoms with E-state index in [9.17, 15) is 0 Å². The topological polar surface area (TPSA) is 0 Å². The van der Waals surface area contributed by atoms with Crippen molar-refractivity contribution in [3.63, 3.8) is 0 Å². The van der Waals surface area contributed by atoms with Crippen molar-refractivity contribution in [2.24, 2.45) is 5.41 Å². The highest BCUT2D eigenvalue weighted by Gasteiger charge is 2.16. The second kappa shape index (κ2) is 7.96. The molecule has 90 valence electrons. The molecule has 0 aliphatic rings. The molecule has 0 aromatic carbocycles. The van der Waals surface area contributed by atoms with Crippen LogP contribution in [0, 0.1) is 5.41 Å². The Hall–Kier alpha value is -0.260. The van der Waals surface area contributed by atoms with Crippen LogP contribution in [0.5, 0.6) is 0 Å². The third-order valence-corrected chi connectivity index (χ3v) is 3.21. The standard InChI is InChI=1S/C15H30/c1-6-8-9-12-15(4,5)13-11-14(3)10-7-2/h10H,6-9,11-13H2,1-5H3. The monoisotopic (exact) mass is 210 g/mol. The molecule has 0 radical (unpaired) electrons. The van der Waals surface area contributed by atoms with Crippen LogP contribution in [0.25, 0.3) is 0 Å².